The van der Waals surface area contributed by atoms with Crippen molar-refractivity contribution in [2.75, 3.05) is 11.1 Å². The third-order valence-corrected chi connectivity index (χ3v) is 8.31. The van der Waals surface area contributed by atoms with Crippen LogP contribution in [-0.2, 0) is 22.6 Å². The van der Waals surface area contributed by atoms with Crippen LogP contribution < -0.4 is 10.6 Å². The molecule has 0 unspecified atom stereocenters. The van der Waals surface area contributed by atoms with E-state index in [0.29, 0.717) is 29.6 Å². The van der Waals surface area contributed by atoms with Crippen molar-refractivity contribution in [1.82, 2.24) is 25.5 Å². The highest BCUT2D eigenvalue weighted by molar-refractivity contribution is 7.99. The normalized spacial score (nSPS) is 17.9. The second-order valence-corrected chi connectivity index (χ2v) is 11.5. The van der Waals surface area contributed by atoms with Crippen LogP contribution in [0.5, 0.6) is 5.75 Å². The second-order valence-electron chi connectivity index (χ2n) is 10.5. The topological polar surface area (TPSA) is 144 Å². The van der Waals surface area contributed by atoms with Crippen LogP contribution in [0.15, 0.2) is 108 Å². The van der Waals surface area contributed by atoms with Crippen LogP contribution in [0.2, 0.25) is 0 Å². The molecule has 45 heavy (non-hydrogen) atoms. The number of amides is 2. The maximum Gasteiger partial charge on any atom is 0.319 e. The van der Waals surface area contributed by atoms with Gasteiger partial charge in [-0.1, -0.05) is 78.5 Å². The molecule has 3 atom stereocenters. The van der Waals surface area contributed by atoms with Gasteiger partial charge in [-0.3, -0.25) is 0 Å². The number of nitrogens with one attached hydrogen (secondary N) is 2. The van der Waals surface area contributed by atoms with Crippen LogP contribution in [0.4, 0.5) is 10.5 Å². The highest BCUT2D eigenvalue weighted by Gasteiger charge is 2.33. The largest absolute Gasteiger partial charge is 0.508 e. The van der Waals surface area contributed by atoms with Crippen molar-refractivity contribution < 1.29 is 24.5 Å². The summed E-state index contributed by atoms with van der Waals surface area (Å²) in [6, 6.07) is 31.2. The van der Waals surface area contributed by atoms with E-state index in [0.717, 1.165) is 27.9 Å². The summed E-state index contributed by atoms with van der Waals surface area (Å²) in [7, 11) is 0. The standard InChI is InChI=1S/C33H32N6O5S/c40-20-23-9-11-24(12-10-23)30-18-29(21-45-33-36-37-38-39(33)27-13-15-28(41)16-14-27)43-31(44-30)25-7-4-8-26(17-25)35-32(42)34-19-22-5-2-1-3-6-22/h1-17,29-31,40-41H,18-21H2,(H2,34,35,42)/t29-,30+,31+/m0/s1. The van der Waals surface area contributed by atoms with Gasteiger partial charge in [0.1, 0.15) is 5.75 Å². The summed E-state index contributed by atoms with van der Waals surface area (Å²) in [4.78, 5) is 12.6. The van der Waals surface area contributed by atoms with Crippen LogP contribution in [0, 0.1) is 0 Å². The third kappa shape index (κ3) is 7.86. The number of thioether (sulfide) groups is 1. The highest BCUT2D eigenvalue weighted by atomic mass is 32.2. The summed E-state index contributed by atoms with van der Waals surface area (Å²) >= 11 is 1.46. The molecule has 12 heteroatoms. The van der Waals surface area contributed by atoms with Gasteiger partial charge in [0, 0.05) is 30.0 Å². The van der Waals surface area contributed by atoms with E-state index in [9.17, 15) is 15.0 Å². The Bertz CT molecular complexity index is 1700. The smallest absolute Gasteiger partial charge is 0.319 e. The lowest BCUT2D eigenvalue weighted by molar-refractivity contribution is -0.245. The molecule has 230 valence electrons. The van der Waals surface area contributed by atoms with Gasteiger partial charge in [-0.25, -0.2) is 4.79 Å². The molecule has 5 aromatic rings. The van der Waals surface area contributed by atoms with Crippen LogP contribution in [0.3, 0.4) is 0 Å². The van der Waals surface area contributed by atoms with Gasteiger partial charge < -0.3 is 30.3 Å². The molecule has 1 aliphatic rings. The molecule has 1 aromatic heterocycles. The average molecular weight is 625 g/mol. The lowest BCUT2D eigenvalue weighted by Gasteiger charge is -2.36. The van der Waals surface area contributed by atoms with Crippen molar-refractivity contribution >= 4 is 23.5 Å². The van der Waals surface area contributed by atoms with Gasteiger partial charge in [-0.05, 0) is 63.5 Å². The zero-order chi connectivity index (χ0) is 31.0. The molecule has 2 heterocycles. The van der Waals surface area contributed by atoms with E-state index < -0.39 is 6.29 Å². The Morgan fingerprint density at radius 2 is 1.71 bits per heavy atom. The van der Waals surface area contributed by atoms with Crippen molar-refractivity contribution in [1.29, 1.82) is 0 Å². The first-order valence-corrected chi connectivity index (χ1v) is 15.4. The summed E-state index contributed by atoms with van der Waals surface area (Å²) in [5.41, 5.74) is 4.89. The van der Waals surface area contributed by atoms with Crippen molar-refractivity contribution in [3.63, 3.8) is 0 Å². The van der Waals surface area contributed by atoms with Gasteiger partial charge >= 0.3 is 6.03 Å². The molecule has 0 bridgehead atoms. The first-order valence-electron chi connectivity index (χ1n) is 14.4. The summed E-state index contributed by atoms with van der Waals surface area (Å²) in [6.45, 7) is 0.374. The summed E-state index contributed by atoms with van der Waals surface area (Å²) in [5, 5.41) is 37.7. The predicted octanol–water partition coefficient (Wildman–Crippen LogP) is 5.52. The SMILES string of the molecule is O=C(NCc1ccccc1)Nc1cccc([C@@H]2O[C@H](CSc3nnnn3-c3ccc(O)cc3)C[C@H](c3ccc(CO)cc3)O2)c1. The van der Waals surface area contributed by atoms with Gasteiger partial charge in [-0.2, -0.15) is 4.68 Å². The first-order chi connectivity index (χ1) is 22.0. The molecule has 0 spiro atoms. The van der Waals surface area contributed by atoms with E-state index >= 15 is 0 Å². The van der Waals surface area contributed by atoms with Crippen LogP contribution >= 0.6 is 11.8 Å². The minimum Gasteiger partial charge on any atom is -0.508 e. The number of urea groups is 1. The van der Waals surface area contributed by atoms with E-state index in [4.69, 9.17) is 9.47 Å². The second kappa shape index (κ2) is 14.4. The molecule has 0 saturated carbocycles. The fraction of sp³-hybridized carbons (Fsp3) is 0.212. The Balaban J connectivity index is 1.17. The zero-order valence-corrected chi connectivity index (χ0v) is 25.0. The fourth-order valence-electron chi connectivity index (χ4n) is 4.93. The predicted molar refractivity (Wildman–Crippen MR) is 169 cm³/mol. The van der Waals surface area contributed by atoms with E-state index in [1.165, 1.54) is 11.8 Å². The minimum atomic E-state index is -0.700. The first kappa shape index (κ1) is 30.3. The van der Waals surface area contributed by atoms with E-state index in [2.05, 4.69) is 26.2 Å². The van der Waals surface area contributed by atoms with E-state index in [1.54, 1.807) is 28.9 Å². The van der Waals surface area contributed by atoms with Crippen molar-refractivity contribution in [3.8, 4) is 11.4 Å². The number of aliphatic hydroxyl groups excluding tert-OH is 1. The quantitative estimate of drug-likeness (QED) is 0.148. The summed E-state index contributed by atoms with van der Waals surface area (Å²) in [5.74, 6) is 0.705. The van der Waals surface area contributed by atoms with Gasteiger partial charge in [0.25, 0.3) is 0 Å². The van der Waals surface area contributed by atoms with Crippen molar-refractivity contribution in [2.45, 2.75) is 43.2 Å². The molecule has 2 amide bonds. The number of anilines is 1. The Morgan fingerprint density at radius 1 is 0.911 bits per heavy atom. The summed E-state index contributed by atoms with van der Waals surface area (Å²) < 4.78 is 14.6. The maximum absolute atomic E-state index is 12.6. The van der Waals surface area contributed by atoms with Gasteiger partial charge in [0.05, 0.1) is 24.5 Å². The molecule has 0 radical (unpaired) electrons. The van der Waals surface area contributed by atoms with Crippen LogP contribution in [0.25, 0.3) is 5.69 Å². The molecule has 1 aliphatic heterocycles. The molecule has 11 nitrogen and oxygen atoms in total. The number of rotatable bonds is 10. The molecular weight excluding hydrogens is 592 g/mol. The monoisotopic (exact) mass is 624 g/mol. The minimum absolute atomic E-state index is 0.0364. The van der Waals surface area contributed by atoms with E-state index in [-0.39, 0.29) is 30.6 Å². The molecular formula is C33H32N6O5S. The number of hydrogen-bond acceptors (Lipinski definition) is 9. The van der Waals surface area contributed by atoms with Crippen LogP contribution in [0.1, 0.15) is 41.1 Å². The van der Waals surface area contributed by atoms with E-state index in [1.807, 2.05) is 78.9 Å². The zero-order valence-electron chi connectivity index (χ0n) is 24.2. The number of benzene rings is 4. The number of ether oxygens (including phenoxy) is 2. The number of aromatic nitrogens is 4. The number of tetrazole rings is 1. The lowest BCUT2D eigenvalue weighted by Crippen LogP contribution is -2.31. The molecule has 4 aromatic carbocycles. The fourth-order valence-corrected chi connectivity index (χ4v) is 5.84. The number of carbonyl (C=O) groups is 1. The Hall–Kier alpha value is -4.75. The number of phenols is 1. The van der Waals surface area contributed by atoms with Crippen molar-refractivity contribution in [2.24, 2.45) is 0 Å². The Morgan fingerprint density at radius 3 is 2.49 bits per heavy atom. The number of aromatic hydroxyl groups is 1. The maximum atomic E-state index is 12.6. The number of nitrogens with zero attached hydrogens (tertiary/aromatic N) is 4. The molecule has 0 aliphatic carbocycles. The number of hydrogen-bond donors (Lipinski definition) is 4. The van der Waals surface area contributed by atoms with Gasteiger partial charge in [0.2, 0.25) is 5.16 Å². The average Bonchev–Trinajstić information content (AvgIpc) is 3.56. The molecule has 1 saturated heterocycles. The molecule has 4 N–H and O–H groups in total. The number of aliphatic hydroxyl groups is 1. The Labute approximate surface area is 264 Å². The third-order valence-electron chi connectivity index (χ3n) is 7.26. The number of phenolic OH excluding ortho intramolecular Hbond substituents is 1. The Kier molecular flexibility index (Phi) is 9.66. The van der Waals surface area contributed by atoms with Crippen LogP contribution in [-0.4, -0.2) is 48.3 Å². The molecule has 6 rings (SSSR count). The van der Waals surface area contributed by atoms with Gasteiger partial charge in [0.15, 0.2) is 6.29 Å². The summed E-state index contributed by atoms with van der Waals surface area (Å²) in [6.07, 6.45) is -0.621. The van der Waals surface area contributed by atoms with Crippen molar-refractivity contribution in [3.05, 3.63) is 125 Å². The number of carbonyl (C=O) groups excluding carboxylic acids is 1. The van der Waals surface area contributed by atoms with Gasteiger partial charge in [-0.15, -0.1) is 5.10 Å². The molecule has 1 fully saturated rings. The highest BCUT2D eigenvalue weighted by Crippen LogP contribution is 2.40. The lowest BCUT2D eigenvalue weighted by atomic mass is 10.0.